The number of hydrogen-bond donors (Lipinski definition) is 0. The van der Waals surface area contributed by atoms with Crippen LogP contribution in [0.2, 0.25) is 5.02 Å². The molecule has 1 amide bonds. The molecule has 2 heterocycles. The van der Waals surface area contributed by atoms with Crippen LogP contribution in [0, 0.1) is 0 Å². The van der Waals surface area contributed by atoms with Crippen molar-refractivity contribution in [2.75, 3.05) is 31.1 Å². The molecular weight excluding hydrogens is 448 g/mol. The number of amides is 1. The van der Waals surface area contributed by atoms with Crippen LogP contribution in [0.15, 0.2) is 91.1 Å². The van der Waals surface area contributed by atoms with Crippen LogP contribution in [0.1, 0.15) is 10.5 Å². The normalized spacial score (nSPS) is 13.7. The van der Waals surface area contributed by atoms with Gasteiger partial charge < -0.3 is 14.5 Å². The lowest BCUT2D eigenvalue weighted by Crippen LogP contribution is -2.48. The molecule has 1 aromatic heterocycles. The fraction of sp³-hybridized carbons (Fsp3) is 0.185. The zero-order valence-corrected chi connectivity index (χ0v) is 19.4. The summed E-state index contributed by atoms with van der Waals surface area (Å²) in [5, 5.41) is 5.15. The molecule has 4 aromatic rings. The summed E-state index contributed by atoms with van der Waals surface area (Å²) in [4.78, 5) is 17.0. The van der Waals surface area contributed by atoms with Gasteiger partial charge in [-0.15, -0.1) is 0 Å². The summed E-state index contributed by atoms with van der Waals surface area (Å²) in [6.07, 6.45) is 1.77. The lowest BCUT2D eigenvalue weighted by molar-refractivity contribution is 0.0738. The number of ether oxygens (including phenoxy) is 1. The Morgan fingerprint density at radius 1 is 0.824 bits per heavy atom. The SMILES string of the molecule is O=C(c1ccn(COc2ccc(-c3ccccc3)cc2)n1)N1CCN(c2ccc(Cl)cc2)CC1. The van der Waals surface area contributed by atoms with Gasteiger partial charge in [-0.2, -0.15) is 5.10 Å². The summed E-state index contributed by atoms with van der Waals surface area (Å²) in [6.45, 7) is 3.09. The quantitative estimate of drug-likeness (QED) is 0.387. The van der Waals surface area contributed by atoms with Crippen molar-refractivity contribution < 1.29 is 9.53 Å². The standard InChI is InChI=1S/C27H25ClN4O2/c28-23-8-10-24(11-9-23)30-16-18-31(19-17-30)27(33)26-14-15-32(29-26)20-34-25-12-6-22(7-13-25)21-4-2-1-3-5-21/h1-15H,16-20H2. The van der Waals surface area contributed by atoms with Gasteiger partial charge in [0.05, 0.1) is 0 Å². The van der Waals surface area contributed by atoms with Gasteiger partial charge in [0, 0.05) is 43.1 Å². The fourth-order valence-electron chi connectivity index (χ4n) is 4.04. The molecule has 0 unspecified atom stereocenters. The van der Waals surface area contributed by atoms with Crippen molar-refractivity contribution in [1.29, 1.82) is 0 Å². The van der Waals surface area contributed by atoms with Gasteiger partial charge in [-0.3, -0.25) is 4.79 Å². The van der Waals surface area contributed by atoms with Crippen LogP contribution < -0.4 is 9.64 Å². The molecule has 1 aliphatic heterocycles. The minimum absolute atomic E-state index is 0.0540. The summed E-state index contributed by atoms with van der Waals surface area (Å²) >= 11 is 5.98. The van der Waals surface area contributed by atoms with Gasteiger partial charge in [0.15, 0.2) is 12.4 Å². The molecule has 34 heavy (non-hydrogen) atoms. The van der Waals surface area contributed by atoms with Crippen molar-refractivity contribution in [2.24, 2.45) is 0 Å². The van der Waals surface area contributed by atoms with Crippen LogP contribution >= 0.6 is 11.6 Å². The minimum atomic E-state index is -0.0540. The lowest BCUT2D eigenvalue weighted by Gasteiger charge is -2.35. The number of halogens is 1. The molecule has 6 nitrogen and oxygen atoms in total. The van der Waals surface area contributed by atoms with E-state index in [0.29, 0.717) is 18.8 Å². The van der Waals surface area contributed by atoms with Gasteiger partial charge >= 0.3 is 0 Å². The summed E-state index contributed by atoms with van der Waals surface area (Å²) in [7, 11) is 0. The lowest BCUT2D eigenvalue weighted by atomic mass is 10.1. The Hall–Kier alpha value is -3.77. The molecule has 0 bridgehead atoms. The second-order valence-electron chi connectivity index (χ2n) is 8.16. The summed E-state index contributed by atoms with van der Waals surface area (Å²) in [5.41, 5.74) is 3.85. The van der Waals surface area contributed by atoms with Crippen molar-refractivity contribution in [1.82, 2.24) is 14.7 Å². The highest BCUT2D eigenvalue weighted by Gasteiger charge is 2.23. The number of aromatic nitrogens is 2. The summed E-state index contributed by atoms with van der Waals surface area (Å²) < 4.78 is 7.49. The minimum Gasteiger partial charge on any atom is -0.471 e. The van der Waals surface area contributed by atoms with Crippen LogP contribution in [0.5, 0.6) is 5.75 Å². The zero-order chi connectivity index (χ0) is 23.3. The van der Waals surface area contributed by atoms with Gasteiger partial charge in [0.1, 0.15) is 5.75 Å². The molecule has 3 aromatic carbocycles. The fourth-order valence-corrected chi connectivity index (χ4v) is 4.17. The van der Waals surface area contributed by atoms with Gasteiger partial charge in [0.2, 0.25) is 0 Å². The van der Waals surface area contributed by atoms with E-state index in [1.807, 2.05) is 71.6 Å². The highest BCUT2D eigenvalue weighted by Crippen LogP contribution is 2.23. The van der Waals surface area contributed by atoms with Crippen molar-refractivity contribution in [3.63, 3.8) is 0 Å². The summed E-state index contributed by atoms with van der Waals surface area (Å²) in [5.74, 6) is 0.697. The average molecular weight is 473 g/mol. The van der Waals surface area contributed by atoms with E-state index in [-0.39, 0.29) is 12.6 Å². The Morgan fingerprint density at radius 3 is 2.21 bits per heavy atom. The number of benzene rings is 3. The van der Waals surface area contributed by atoms with Crippen LogP contribution in [0.3, 0.4) is 0 Å². The Bertz CT molecular complexity index is 1230. The van der Waals surface area contributed by atoms with Crippen LogP contribution in [-0.2, 0) is 6.73 Å². The third-order valence-corrected chi connectivity index (χ3v) is 6.20. The molecule has 5 rings (SSSR count). The van der Waals surface area contributed by atoms with Crippen molar-refractivity contribution >= 4 is 23.2 Å². The van der Waals surface area contributed by atoms with E-state index in [1.54, 1.807) is 16.9 Å². The van der Waals surface area contributed by atoms with E-state index in [2.05, 4.69) is 22.1 Å². The largest absolute Gasteiger partial charge is 0.471 e. The van der Waals surface area contributed by atoms with E-state index in [0.717, 1.165) is 35.1 Å². The molecule has 0 spiro atoms. The molecule has 7 heteroatoms. The molecule has 172 valence electrons. The third kappa shape index (κ3) is 5.07. The maximum Gasteiger partial charge on any atom is 0.274 e. The number of anilines is 1. The second-order valence-corrected chi connectivity index (χ2v) is 8.60. The van der Waals surface area contributed by atoms with E-state index >= 15 is 0 Å². The molecular formula is C27H25ClN4O2. The van der Waals surface area contributed by atoms with Crippen LogP contribution in [-0.4, -0.2) is 46.8 Å². The monoisotopic (exact) mass is 472 g/mol. The highest BCUT2D eigenvalue weighted by atomic mass is 35.5. The topological polar surface area (TPSA) is 50.6 Å². The highest BCUT2D eigenvalue weighted by molar-refractivity contribution is 6.30. The van der Waals surface area contributed by atoms with Gasteiger partial charge in [-0.1, -0.05) is 54.1 Å². The number of piperazine rings is 1. The summed E-state index contributed by atoms with van der Waals surface area (Å²) in [6, 6.07) is 27.7. The van der Waals surface area contributed by atoms with Crippen LogP contribution in [0.25, 0.3) is 11.1 Å². The van der Waals surface area contributed by atoms with E-state index in [1.165, 1.54) is 5.56 Å². The predicted octanol–water partition coefficient (Wildman–Crippen LogP) is 5.20. The molecule has 0 aliphatic carbocycles. The number of carbonyl (C=O) groups excluding carboxylic acids is 1. The van der Waals surface area contributed by atoms with E-state index < -0.39 is 0 Å². The van der Waals surface area contributed by atoms with Gasteiger partial charge in [-0.25, -0.2) is 4.68 Å². The Kier molecular flexibility index (Phi) is 6.49. The first kappa shape index (κ1) is 22.0. The average Bonchev–Trinajstić information content (AvgIpc) is 3.38. The number of hydrogen-bond acceptors (Lipinski definition) is 4. The second kappa shape index (κ2) is 10.0. The van der Waals surface area contributed by atoms with Crippen molar-refractivity contribution in [3.05, 3.63) is 102 Å². The predicted molar refractivity (Wildman–Crippen MR) is 134 cm³/mol. The molecule has 0 radical (unpaired) electrons. The van der Waals surface area contributed by atoms with E-state index in [9.17, 15) is 4.79 Å². The molecule has 1 aliphatic rings. The van der Waals surface area contributed by atoms with Gasteiger partial charge in [0.25, 0.3) is 5.91 Å². The van der Waals surface area contributed by atoms with Crippen molar-refractivity contribution in [2.45, 2.75) is 6.73 Å². The number of nitrogens with zero attached hydrogens (tertiary/aromatic N) is 4. The van der Waals surface area contributed by atoms with Crippen molar-refractivity contribution in [3.8, 4) is 16.9 Å². The molecule has 0 N–H and O–H groups in total. The first-order valence-electron chi connectivity index (χ1n) is 11.3. The Balaban J connectivity index is 1.13. The number of carbonyl (C=O) groups is 1. The molecule has 0 saturated carbocycles. The number of rotatable bonds is 6. The van der Waals surface area contributed by atoms with E-state index in [4.69, 9.17) is 16.3 Å². The van der Waals surface area contributed by atoms with Crippen LogP contribution in [0.4, 0.5) is 5.69 Å². The Labute approximate surface area is 203 Å². The smallest absolute Gasteiger partial charge is 0.274 e. The Morgan fingerprint density at radius 2 is 1.50 bits per heavy atom. The third-order valence-electron chi connectivity index (χ3n) is 5.94. The maximum absolute atomic E-state index is 12.9. The molecule has 1 fully saturated rings. The molecule has 0 atom stereocenters. The van der Waals surface area contributed by atoms with Gasteiger partial charge in [-0.05, 0) is 53.6 Å². The first-order chi connectivity index (χ1) is 16.7. The zero-order valence-electron chi connectivity index (χ0n) is 18.7. The first-order valence-corrected chi connectivity index (χ1v) is 11.6. The maximum atomic E-state index is 12.9. The molecule has 1 saturated heterocycles.